The van der Waals surface area contributed by atoms with Gasteiger partial charge in [-0.15, -0.1) is 0 Å². The molecule has 1 aliphatic carbocycles. The molecular weight excluding hydrogens is 456 g/mol. The summed E-state index contributed by atoms with van der Waals surface area (Å²) < 4.78 is 0. The summed E-state index contributed by atoms with van der Waals surface area (Å²) in [5, 5.41) is 0. The van der Waals surface area contributed by atoms with E-state index in [1.165, 1.54) is 75.3 Å². The van der Waals surface area contributed by atoms with Crippen molar-refractivity contribution in [3.63, 3.8) is 0 Å². The molecule has 0 spiro atoms. The number of benzene rings is 2. The Morgan fingerprint density at radius 2 is 1.21 bits per heavy atom. The van der Waals surface area contributed by atoms with Crippen molar-refractivity contribution in [3.05, 3.63) is 75.9 Å². The lowest BCUT2D eigenvalue weighted by Crippen LogP contribution is -2.35. The Morgan fingerprint density at radius 3 is 1.74 bits per heavy atom. The Morgan fingerprint density at radius 1 is 0.684 bits per heavy atom. The molecule has 0 nitrogen and oxygen atoms in total. The highest BCUT2D eigenvalue weighted by Crippen LogP contribution is 2.50. The van der Waals surface area contributed by atoms with Crippen molar-refractivity contribution in [2.75, 3.05) is 0 Å². The van der Waals surface area contributed by atoms with Crippen molar-refractivity contribution in [1.82, 2.24) is 0 Å². The van der Waals surface area contributed by atoms with Crippen LogP contribution < -0.4 is 0 Å². The Bertz CT molecular complexity index is 996. The van der Waals surface area contributed by atoms with Crippen LogP contribution in [0.3, 0.4) is 0 Å². The maximum absolute atomic E-state index is 2.56. The predicted molar refractivity (Wildman–Crippen MR) is 170 cm³/mol. The van der Waals surface area contributed by atoms with Gasteiger partial charge in [-0.3, -0.25) is 0 Å². The van der Waals surface area contributed by atoms with Gasteiger partial charge in [0.2, 0.25) is 0 Å². The molecule has 0 saturated carbocycles. The van der Waals surface area contributed by atoms with Crippen LogP contribution in [0.5, 0.6) is 0 Å². The molecule has 2 atom stereocenters. The van der Waals surface area contributed by atoms with Crippen molar-refractivity contribution < 1.29 is 0 Å². The molecule has 0 amide bonds. The number of allylic oxidation sites excluding steroid dienone is 1. The van der Waals surface area contributed by atoms with Gasteiger partial charge in [-0.05, 0) is 97.4 Å². The van der Waals surface area contributed by atoms with E-state index in [0.717, 1.165) is 30.1 Å². The van der Waals surface area contributed by atoms with E-state index < -0.39 is 0 Å². The van der Waals surface area contributed by atoms with E-state index in [2.05, 4.69) is 104 Å². The van der Waals surface area contributed by atoms with Crippen LogP contribution in [0, 0.1) is 30.6 Å². The number of hydrogen-bond acceptors (Lipinski definition) is 0. The summed E-state index contributed by atoms with van der Waals surface area (Å²) in [5.74, 6) is 3.20. The Labute approximate surface area is 236 Å². The molecule has 1 aliphatic rings. The van der Waals surface area contributed by atoms with E-state index in [9.17, 15) is 0 Å². The zero-order chi connectivity index (χ0) is 27.7. The molecule has 0 heterocycles. The van der Waals surface area contributed by atoms with Gasteiger partial charge < -0.3 is 0 Å². The van der Waals surface area contributed by atoms with Gasteiger partial charge in [-0.1, -0.05) is 134 Å². The number of rotatable bonds is 15. The number of aryl methyl sites for hydroxylation is 1. The van der Waals surface area contributed by atoms with E-state index in [1.807, 2.05) is 0 Å². The highest BCUT2D eigenvalue weighted by atomic mass is 14.4. The second-order valence-corrected chi connectivity index (χ2v) is 13.8. The van der Waals surface area contributed by atoms with Gasteiger partial charge >= 0.3 is 0 Å². The lowest BCUT2D eigenvalue weighted by molar-refractivity contribution is 0.318. The summed E-state index contributed by atoms with van der Waals surface area (Å²) in [4.78, 5) is 0. The van der Waals surface area contributed by atoms with Crippen molar-refractivity contribution in [3.8, 4) is 0 Å². The second-order valence-electron chi connectivity index (χ2n) is 13.8. The minimum Gasteiger partial charge on any atom is -0.0871 e. The van der Waals surface area contributed by atoms with E-state index in [1.54, 1.807) is 22.3 Å². The zero-order valence-electron chi connectivity index (χ0n) is 26.2. The van der Waals surface area contributed by atoms with Crippen molar-refractivity contribution in [2.24, 2.45) is 23.7 Å². The highest BCUT2D eigenvalue weighted by molar-refractivity contribution is 5.59. The first kappa shape index (κ1) is 30.7. The largest absolute Gasteiger partial charge is 0.0871 e. The van der Waals surface area contributed by atoms with Crippen molar-refractivity contribution >= 4 is 6.08 Å². The lowest BCUT2D eigenvalue weighted by Gasteiger charge is -2.43. The van der Waals surface area contributed by atoms with Gasteiger partial charge in [0, 0.05) is 5.41 Å². The zero-order valence-corrected chi connectivity index (χ0v) is 26.2. The Balaban J connectivity index is 1.98. The van der Waals surface area contributed by atoms with E-state index in [4.69, 9.17) is 0 Å². The summed E-state index contributed by atoms with van der Waals surface area (Å²) in [6.45, 7) is 18.9. The molecular formula is C38H58. The van der Waals surface area contributed by atoms with Gasteiger partial charge in [0.05, 0.1) is 0 Å². The quantitative estimate of drug-likeness (QED) is 0.222. The molecule has 0 aromatic heterocycles. The van der Waals surface area contributed by atoms with Gasteiger partial charge in [-0.2, -0.15) is 0 Å². The Hall–Kier alpha value is -1.82. The normalized spacial score (nSPS) is 18.7. The van der Waals surface area contributed by atoms with E-state index >= 15 is 0 Å². The second kappa shape index (κ2) is 14.5. The molecule has 0 aliphatic heterocycles. The number of hydrogen-bond donors (Lipinski definition) is 0. The average molecular weight is 515 g/mol. The highest BCUT2D eigenvalue weighted by Gasteiger charge is 2.40. The molecule has 210 valence electrons. The van der Waals surface area contributed by atoms with E-state index in [0.29, 0.717) is 0 Å². The minimum atomic E-state index is 0.130. The first-order valence-electron chi connectivity index (χ1n) is 16.0. The molecule has 0 heteroatoms. The molecule has 38 heavy (non-hydrogen) atoms. The smallest absolute Gasteiger partial charge is 0.0209 e. The van der Waals surface area contributed by atoms with Crippen LogP contribution in [0.1, 0.15) is 146 Å². The van der Waals surface area contributed by atoms with Crippen LogP contribution >= 0.6 is 0 Å². The standard InChI is InChI=1S/C38H58/c1-9-12-33-18-20-35-27-34-19-17-32(8)25-36(34)38(37(35)26-33,23-21-30(6)15-10-13-28(2)3)24-22-31(7)16-11-14-29(4)5/h9,12,17-20,25-26,28-31H,10-11,13-16,21-24,27H2,1-8H3. The molecule has 2 aromatic rings. The first-order chi connectivity index (χ1) is 18.1. The van der Waals surface area contributed by atoms with Crippen LogP contribution in [-0.2, 0) is 11.8 Å². The maximum atomic E-state index is 2.56. The van der Waals surface area contributed by atoms with Gasteiger partial charge in [0.25, 0.3) is 0 Å². The molecule has 0 saturated heterocycles. The van der Waals surface area contributed by atoms with Crippen molar-refractivity contribution in [2.45, 2.75) is 131 Å². The summed E-state index contributed by atoms with van der Waals surface area (Å²) in [6.07, 6.45) is 19.0. The summed E-state index contributed by atoms with van der Waals surface area (Å²) >= 11 is 0. The fraction of sp³-hybridized carbons (Fsp3) is 0.632. The van der Waals surface area contributed by atoms with Crippen molar-refractivity contribution in [1.29, 1.82) is 0 Å². The van der Waals surface area contributed by atoms with Crippen LogP contribution in [0.2, 0.25) is 0 Å². The third kappa shape index (κ3) is 8.34. The Kier molecular flexibility index (Phi) is 11.7. The molecule has 0 fully saturated rings. The molecule has 3 rings (SSSR count). The van der Waals surface area contributed by atoms with Crippen LogP contribution in [-0.4, -0.2) is 0 Å². The van der Waals surface area contributed by atoms with E-state index in [-0.39, 0.29) is 5.41 Å². The monoisotopic (exact) mass is 514 g/mol. The minimum absolute atomic E-state index is 0.130. The topological polar surface area (TPSA) is 0 Å². The summed E-state index contributed by atoms with van der Waals surface area (Å²) in [7, 11) is 0. The first-order valence-corrected chi connectivity index (χ1v) is 16.0. The third-order valence-electron chi connectivity index (χ3n) is 9.26. The average Bonchev–Trinajstić information content (AvgIpc) is 2.86. The third-order valence-corrected chi connectivity index (χ3v) is 9.26. The fourth-order valence-electron chi connectivity index (χ4n) is 6.82. The van der Waals surface area contributed by atoms with Crippen LogP contribution in [0.25, 0.3) is 6.08 Å². The van der Waals surface area contributed by atoms with Gasteiger partial charge in [0.1, 0.15) is 0 Å². The SMILES string of the molecule is CC=Cc1ccc2c(c1)C(CCC(C)CCCC(C)C)(CCC(C)CCCC(C)C)c1cc(C)ccc1C2. The van der Waals surface area contributed by atoms with Crippen LogP contribution in [0.4, 0.5) is 0 Å². The molecule has 2 unspecified atom stereocenters. The summed E-state index contributed by atoms with van der Waals surface area (Å²) in [6, 6.07) is 14.7. The molecule has 2 aromatic carbocycles. The fourth-order valence-corrected chi connectivity index (χ4v) is 6.82. The molecule has 0 radical (unpaired) electrons. The maximum Gasteiger partial charge on any atom is 0.0209 e. The molecule has 0 N–H and O–H groups in total. The van der Waals surface area contributed by atoms with Crippen LogP contribution in [0.15, 0.2) is 42.5 Å². The molecule has 0 bridgehead atoms. The van der Waals surface area contributed by atoms with Gasteiger partial charge in [0.15, 0.2) is 0 Å². The lowest BCUT2D eigenvalue weighted by atomic mass is 9.60. The van der Waals surface area contributed by atoms with Gasteiger partial charge in [-0.25, -0.2) is 0 Å². The summed E-state index contributed by atoms with van der Waals surface area (Å²) in [5.41, 5.74) is 9.32. The number of fused-ring (bicyclic) bond motifs is 2. The predicted octanol–water partition coefficient (Wildman–Crippen LogP) is 11.7.